The Morgan fingerprint density at radius 2 is 0.634 bits per heavy atom. The number of hydrogen-bond donors (Lipinski definition) is 0. The van der Waals surface area contributed by atoms with E-state index >= 15 is 0 Å². The first-order chi connectivity index (χ1) is 20.3. The smallest absolute Gasteiger partial charge is 0.305 e. The van der Waals surface area contributed by atoms with Crippen LogP contribution in [0.25, 0.3) is 0 Å². The van der Waals surface area contributed by atoms with Crippen molar-refractivity contribution in [1.82, 2.24) is 0 Å². The second kappa shape index (κ2) is 37.2. The molecule has 0 aliphatic carbocycles. The maximum Gasteiger partial charge on any atom is 0.305 e. The van der Waals surface area contributed by atoms with E-state index in [-0.39, 0.29) is 5.97 Å². The molecule has 0 radical (unpaired) electrons. The van der Waals surface area contributed by atoms with Crippen LogP contribution >= 0.6 is 0 Å². The van der Waals surface area contributed by atoms with Crippen LogP contribution in [0.5, 0.6) is 0 Å². The summed E-state index contributed by atoms with van der Waals surface area (Å²) in [6.45, 7) is 12.5. The van der Waals surface area contributed by atoms with Crippen molar-refractivity contribution in [3.05, 3.63) is 0 Å². The monoisotopic (exact) mass is 592 g/mol. The zero-order valence-corrected chi connectivity index (χ0v) is 26.7. The van der Waals surface area contributed by atoms with Gasteiger partial charge in [0.1, 0.15) is 6.61 Å². The normalized spacial score (nSPS) is 11.4. The highest BCUT2D eigenvalue weighted by atomic mass is 16.6. The van der Waals surface area contributed by atoms with Gasteiger partial charge in [-0.15, -0.1) is 0 Å². The van der Waals surface area contributed by atoms with Crippen molar-refractivity contribution in [3.8, 4) is 0 Å². The molecule has 0 atom stereocenters. The Bertz CT molecular complexity index is 494. The molecule has 0 unspecified atom stereocenters. The molecule has 0 aliphatic heterocycles. The molecule has 0 aliphatic rings. The molecule has 0 spiro atoms. The predicted molar refractivity (Wildman–Crippen MR) is 163 cm³/mol. The Hall–Kier alpha value is -0.810. The van der Waals surface area contributed by atoms with Crippen molar-refractivity contribution in [2.24, 2.45) is 0 Å². The van der Waals surface area contributed by atoms with E-state index in [1.807, 2.05) is 0 Å². The number of carbonyl (C=O) groups is 1. The van der Waals surface area contributed by atoms with Gasteiger partial charge in [0.15, 0.2) is 0 Å². The molecule has 0 aromatic carbocycles. The maximum absolute atomic E-state index is 11.7. The highest BCUT2D eigenvalue weighted by Crippen LogP contribution is 2.09. The largest absolute Gasteiger partial charge is 0.463 e. The number of rotatable bonds is 36. The summed E-state index contributed by atoms with van der Waals surface area (Å²) in [5.41, 5.74) is 0. The van der Waals surface area contributed by atoms with E-state index in [2.05, 4.69) is 13.8 Å². The summed E-state index contributed by atoms with van der Waals surface area (Å²) in [6, 6.07) is 0. The molecule has 9 nitrogen and oxygen atoms in total. The van der Waals surface area contributed by atoms with E-state index in [0.29, 0.717) is 98.9 Å². The Balaban J connectivity index is 3.09. The van der Waals surface area contributed by atoms with E-state index in [9.17, 15) is 4.79 Å². The number of hydrogen-bond acceptors (Lipinski definition) is 9. The third-order valence-electron chi connectivity index (χ3n) is 6.35. The zero-order valence-electron chi connectivity index (χ0n) is 26.7. The molecule has 0 aromatic rings. The van der Waals surface area contributed by atoms with Crippen molar-refractivity contribution in [1.29, 1.82) is 0 Å². The van der Waals surface area contributed by atoms with Gasteiger partial charge in [-0.2, -0.15) is 0 Å². The second-order valence-corrected chi connectivity index (χ2v) is 10.1. The summed E-state index contributed by atoms with van der Waals surface area (Å²) in [7, 11) is 0. The number of carbonyl (C=O) groups excluding carboxylic acids is 1. The zero-order chi connectivity index (χ0) is 29.7. The lowest BCUT2D eigenvalue weighted by atomic mass is 10.1. The van der Waals surface area contributed by atoms with E-state index < -0.39 is 0 Å². The molecule has 0 amide bonds. The molecule has 0 heterocycles. The van der Waals surface area contributed by atoms with Crippen LogP contribution in [0.4, 0.5) is 0 Å². The highest BCUT2D eigenvalue weighted by Gasteiger charge is 2.02. The lowest BCUT2D eigenvalue weighted by Crippen LogP contribution is -2.15. The summed E-state index contributed by atoms with van der Waals surface area (Å²) in [5, 5.41) is 0. The third kappa shape index (κ3) is 37.2. The SMILES string of the molecule is CCCCCCCCCC(=O)OCCOCCOCCOCCOCCOCCOCCOCCCCCCCC. The van der Waals surface area contributed by atoms with Crippen LogP contribution in [0, 0.1) is 0 Å². The molecule has 0 saturated carbocycles. The van der Waals surface area contributed by atoms with Gasteiger partial charge in [-0.1, -0.05) is 84.5 Å². The summed E-state index contributed by atoms with van der Waals surface area (Å²) >= 11 is 0. The molecule has 0 fully saturated rings. The van der Waals surface area contributed by atoms with Gasteiger partial charge in [-0.05, 0) is 12.8 Å². The number of unbranched alkanes of at least 4 members (excludes halogenated alkanes) is 11. The second-order valence-electron chi connectivity index (χ2n) is 10.1. The minimum absolute atomic E-state index is 0.132. The Morgan fingerprint density at radius 3 is 1.02 bits per heavy atom. The Labute approximate surface area is 251 Å². The molecule has 0 rings (SSSR count). The van der Waals surface area contributed by atoms with Gasteiger partial charge >= 0.3 is 5.97 Å². The van der Waals surface area contributed by atoms with Crippen molar-refractivity contribution in [2.45, 2.75) is 104 Å². The van der Waals surface area contributed by atoms with Crippen LogP contribution in [-0.2, 0) is 42.7 Å². The number of ether oxygens (including phenoxy) is 8. The Morgan fingerprint density at radius 1 is 0.341 bits per heavy atom. The highest BCUT2D eigenvalue weighted by molar-refractivity contribution is 5.69. The molecule has 0 N–H and O–H groups in total. The standard InChI is InChI=1S/C32H64O9/c1-3-5-7-9-11-12-14-16-32(33)41-31-30-40-29-28-39-27-26-38-25-24-37-23-22-36-21-20-35-19-18-34-17-15-13-10-8-6-4-2/h3-31H2,1-2H3. The minimum atomic E-state index is -0.132. The van der Waals surface area contributed by atoms with Crippen LogP contribution < -0.4 is 0 Å². The summed E-state index contributed by atoms with van der Waals surface area (Å²) in [6.07, 6.45) is 16.5. The first kappa shape index (κ1) is 40.2. The minimum Gasteiger partial charge on any atom is -0.463 e. The molecule has 9 heteroatoms. The molecule has 246 valence electrons. The fourth-order valence-corrected chi connectivity index (χ4v) is 3.92. The van der Waals surface area contributed by atoms with Gasteiger partial charge < -0.3 is 37.9 Å². The lowest BCUT2D eigenvalue weighted by Gasteiger charge is -2.09. The molecule has 41 heavy (non-hydrogen) atoms. The fraction of sp³-hybridized carbons (Fsp3) is 0.969. The predicted octanol–water partition coefficient (Wildman–Crippen LogP) is 6.15. The Kier molecular flexibility index (Phi) is 36.5. The van der Waals surface area contributed by atoms with E-state index in [1.54, 1.807) is 0 Å². The van der Waals surface area contributed by atoms with Crippen LogP contribution in [0.15, 0.2) is 0 Å². The first-order valence-corrected chi connectivity index (χ1v) is 16.5. The molecule has 0 bridgehead atoms. The van der Waals surface area contributed by atoms with E-state index in [0.717, 1.165) is 25.9 Å². The quantitative estimate of drug-likeness (QED) is 0.0628. The van der Waals surface area contributed by atoms with Gasteiger partial charge in [0.25, 0.3) is 0 Å². The molecular formula is C32H64O9. The van der Waals surface area contributed by atoms with Crippen molar-refractivity contribution < 1.29 is 42.7 Å². The average molecular weight is 593 g/mol. The van der Waals surface area contributed by atoms with Crippen molar-refractivity contribution in [3.63, 3.8) is 0 Å². The summed E-state index contributed by atoms with van der Waals surface area (Å²) in [4.78, 5) is 11.7. The van der Waals surface area contributed by atoms with Gasteiger partial charge in [-0.25, -0.2) is 0 Å². The van der Waals surface area contributed by atoms with E-state index in [1.165, 1.54) is 64.2 Å². The number of esters is 1. The van der Waals surface area contributed by atoms with Gasteiger partial charge in [-0.3, -0.25) is 4.79 Å². The van der Waals surface area contributed by atoms with Gasteiger partial charge in [0.2, 0.25) is 0 Å². The third-order valence-corrected chi connectivity index (χ3v) is 6.35. The van der Waals surface area contributed by atoms with E-state index in [4.69, 9.17) is 37.9 Å². The molecular weight excluding hydrogens is 528 g/mol. The summed E-state index contributed by atoms with van der Waals surface area (Å²) in [5.74, 6) is -0.132. The maximum atomic E-state index is 11.7. The molecule has 0 saturated heterocycles. The topological polar surface area (TPSA) is 90.9 Å². The average Bonchev–Trinajstić information content (AvgIpc) is 2.98. The molecule has 0 aromatic heterocycles. The van der Waals surface area contributed by atoms with Crippen molar-refractivity contribution in [2.75, 3.05) is 99.1 Å². The lowest BCUT2D eigenvalue weighted by molar-refractivity contribution is -0.145. The van der Waals surface area contributed by atoms with Crippen LogP contribution in [0.2, 0.25) is 0 Å². The van der Waals surface area contributed by atoms with Crippen LogP contribution in [0.3, 0.4) is 0 Å². The first-order valence-electron chi connectivity index (χ1n) is 16.5. The van der Waals surface area contributed by atoms with Gasteiger partial charge in [0, 0.05) is 13.0 Å². The van der Waals surface area contributed by atoms with Crippen LogP contribution in [-0.4, -0.2) is 105 Å². The van der Waals surface area contributed by atoms with Gasteiger partial charge in [0.05, 0.1) is 85.9 Å². The summed E-state index contributed by atoms with van der Waals surface area (Å²) < 4.78 is 43.6. The van der Waals surface area contributed by atoms with Crippen LogP contribution in [0.1, 0.15) is 104 Å². The fourth-order valence-electron chi connectivity index (χ4n) is 3.92. The van der Waals surface area contributed by atoms with Crippen molar-refractivity contribution >= 4 is 5.97 Å².